The number of fused-ring (bicyclic) bond motifs is 1. The lowest BCUT2D eigenvalue weighted by atomic mass is 9.88. The summed E-state index contributed by atoms with van der Waals surface area (Å²) in [5.41, 5.74) is 4.14. The van der Waals surface area contributed by atoms with E-state index in [9.17, 15) is 28.6 Å². The summed E-state index contributed by atoms with van der Waals surface area (Å²) in [6, 6.07) is 22.9. The van der Waals surface area contributed by atoms with Gasteiger partial charge in [0.05, 0.1) is 33.2 Å². The van der Waals surface area contributed by atoms with E-state index in [2.05, 4.69) is 43.1 Å². The van der Waals surface area contributed by atoms with Crippen LogP contribution in [-0.4, -0.2) is 66.5 Å². The Kier molecular flexibility index (Phi) is 11.2. The first-order chi connectivity index (χ1) is 28.1. The highest BCUT2D eigenvalue weighted by Gasteiger charge is 2.33. The number of anilines is 1. The minimum atomic E-state index is -4.55. The predicted octanol–water partition coefficient (Wildman–Crippen LogP) is 7.87. The van der Waals surface area contributed by atoms with Crippen molar-refractivity contribution in [2.45, 2.75) is 61.9 Å². The van der Waals surface area contributed by atoms with Crippen LogP contribution >= 0.6 is 0 Å². The van der Waals surface area contributed by atoms with Gasteiger partial charge in [0.15, 0.2) is 0 Å². The second kappa shape index (κ2) is 16.8. The quantitative estimate of drug-likeness (QED) is 0.0822. The number of nitro groups is 1. The summed E-state index contributed by atoms with van der Waals surface area (Å²) in [5, 5.41) is 25.4. The number of nitro benzene ring substituents is 1. The average molecular weight is 802 g/mol. The Labute approximate surface area is 336 Å². The van der Waals surface area contributed by atoms with E-state index in [1.807, 2.05) is 24.3 Å². The molecule has 3 N–H and O–H groups in total. The summed E-state index contributed by atoms with van der Waals surface area (Å²) in [4.78, 5) is 34.8. The summed E-state index contributed by atoms with van der Waals surface area (Å²) in [5.74, 6) is -0.215. The lowest BCUT2D eigenvalue weighted by Crippen LogP contribution is -2.35. The van der Waals surface area contributed by atoms with Crippen LogP contribution in [0.3, 0.4) is 0 Å². The SMILES string of the molecule is N#Cc1cccc(C2CCCN2C2CC=C(c3ccc(C(=O)NS(=O)(=O)c4ccc(NCC5CCOCC5)c([N+](=O)[O-])c4)c(Oc4cnc5[nH]ccc5c4)c3)CC2)c1. The van der Waals surface area contributed by atoms with Gasteiger partial charge in [-0.1, -0.05) is 24.3 Å². The summed E-state index contributed by atoms with van der Waals surface area (Å²) >= 11 is 0. The zero-order valence-corrected chi connectivity index (χ0v) is 32.5. The summed E-state index contributed by atoms with van der Waals surface area (Å²) in [6.07, 6.45) is 11.8. The Morgan fingerprint density at radius 3 is 2.72 bits per heavy atom. The molecule has 1 amide bonds. The molecule has 2 atom stereocenters. The number of likely N-dealkylation sites (tertiary alicyclic amines) is 1. The number of hydrogen-bond donors (Lipinski definition) is 3. The van der Waals surface area contributed by atoms with Crippen molar-refractivity contribution in [3.63, 3.8) is 0 Å². The second-order valence-electron chi connectivity index (χ2n) is 15.0. The molecule has 4 heterocycles. The maximum absolute atomic E-state index is 13.9. The Balaban J connectivity index is 1.03. The molecule has 2 fully saturated rings. The number of pyridine rings is 1. The first kappa shape index (κ1) is 38.8. The van der Waals surface area contributed by atoms with Crippen molar-refractivity contribution in [2.75, 3.05) is 31.6 Å². The van der Waals surface area contributed by atoms with Crippen LogP contribution in [-0.2, 0) is 14.8 Å². The van der Waals surface area contributed by atoms with Gasteiger partial charge in [-0.3, -0.25) is 19.8 Å². The van der Waals surface area contributed by atoms with Crippen LogP contribution in [0.5, 0.6) is 11.5 Å². The Hall–Kier alpha value is -6.08. The van der Waals surface area contributed by atoms with Crippen LogP contribution in [0.2, 0.25) is 0 Å². The molecule has 3 aromatic carbocycles. The van der Waals surface area contributed by atoms with Crippen molar-refractivity contribution in [1.82, 2.24) is 19.6 Å². The first-order valence-electron chi connectivity index (χ1n) is 19.5. The topological polar surface area (TPSA) is 193 Å². The number of ether oxygens (including phenoxy) is 2. The van der Waals surface area contributed by atoms with E-state index in [1.54, 1.807) is 24.4 Å². The molecule has 2 aromatic heterocycles. The molecule has 298 valence electrons. The largest absolute Gasteiger partial charge is 0.455 e. The molecule has 2 unspecified atom stereocenters. The van der Waals surface area contributed by atoms with Crippen LogP contribution in [0.1, 0.15) is 78.0 Å². The Morgan fingerprint density at radius 1 is 1.07 bits per heavy atom. The average Bonchev–Trinajstić information content (AvgIpc) is 3.94. The maximum Gasteiger partial charge on any atom is 0.293 e. The van der Waals surface area contributed by atoms with Crippen LogP contribution in [0.4, 0.5) is 11.4 Å². The first-order valence-corrected chi connectivity index (χ1v) is 21.0. The zero-order valence-electron chi connectivity index (χ0n) is 31.7. The molecule has 2 aliphatic heterocycles. The van der Waals surface area contributed by atoms with Gasteiger partial charge in [0.1, 0.15) is 22.8 Å². The van der Waals surface area contributed by atoms with Gasteiger partial charge in [0, 0.05) is 49.5 Å². The van der Waals surface area contributed by atoms with E-state index in [1.165, 1.54) is 30.0 Å². The zero-order chi connectivity index (χ0) is 40.2. The highest BCUT2D eigenvalue weighted by atomic mass is 32.2. The van der Waals surface area contributed by atoms with Crippen LogP contribution in [0.15, 0.2) is 96.2 Å². The van der Waals surface area contributed by atoms with Gasteiger partial charge in [-0.05, 0) is 123 Å². The lowest BCUT2D eigenvalue weighted by molar-refractivity contribution is -0.384. The van der Waals surface area contributed by atoms with Crippen molar-refractivity contribution in [1.29, 1.82) is 5.26 Å². The lowest BCUT2D eigenvalue weighted by Gasteiger charge is -2.35. The van der Waals surface area contributed by atoms with Crippen molar-refractivity contribution in [3.05, 3.63) is 124 Å². The van der Waals surface area contributed by atoms with E-state index in [0.29, 0.717) is 42.8 Å². The van der Waals surface area contributed by atoms with E-state index in [0.717, 1.165) is 74.1 Å². The molecule has 0 saturated carbocycles. The molecule has 15 heteroatoms. The number of allylic oxidation sites excluding steroid dienone is 1. The van der Waals surface area contributed by atoms with Gasteiger partial charge in [-0.2, -0.15) is 5.26 Å². The number of amides is 1. The number of rotatable bonds is 12. The number of benzene rings is 3. The number of aromatic amines is 1. The van der Waals surface area contributed by atoms with Crippen LogP contribution < -0.4 is 14.8 Å². The number of carbonyl (C=O) groups is 1. The van der Waals surface area contributed by atoms with Gasteiger partial charge in [0.2, 0.25) is 0 Å². The second-order valence-corrected chi connectivity index (χ2v) is 16.7. The van der Waals surface area contributed by atoms with Gasteiger partial charge in [-0.25, -0.2) is 18.1 Å². The van der Waals surface area contributed by atoms with Crippen molar-refractivity contribution < 1.29 is 27.6 Å². The number of sulfonamides is 1. The molecule has 8 rings (SSSR count). The third kappa shape index (κ3) is 8.45. The van der Waals surface area contributed by atoms with Crippen molar-refractivity contribution >= 4 is 43.9 Å². The number of H-pyrrole nitrogens is 1. The monoisotopic (exact) mass is 801 g/mol. The number of nitrogens with one attached hydrogen (secondary N) is 3. The van der Waals surface area contributed by atoms with Gasteiger partial charge >= 0.3 is 0 Å². The molecule has 1 aliphatic carbocycles. The number of nitrogens with zero attached hydrogens (tertiary/aromatic N) is 4. The standard InChI is InChI=1S/C43H43N7O7S/c44-25-29-3-1-4-32(21-29)39-5-2-18-49(39)34-9-6-30(7-10-34)31-8-12-37(41(23-31)57-35-22-33-14-17-45-42(33)47-27-35)43(51)48-58(54,55)36-11-13-38(40(24-36)50(52)53)46-26-28-15-19-56-20-16-28/h1,3-4,6,8,11-14,17,21-24,27-28,34,39,46H,2,5,7,9-10,15-16,18-20,26H2,(H,45,47)(H,48,51). The van der Waals surface area contributed by atoms with E-state index < -0.39 is 31.4 Å². The summed E-state index contributed by atoms with van der Waals surface area (Å²) in [6.45, 7) is 2.72. The molecule has 2 saturated heterocycles. The van der Waals surface area contributed by atoms with Crippen molar-refractivity contribution in [2.24, 2.45) is 5.92 Å². The molecule has 0 bridgehead atoms. The number of aromatic nitrogens is 2. The van der Waals surface area contributed by atoms with Crippen LogP contribution in [0, 0.1) is 27.4 Å². The van der Waals surface area contributed by atoms with E-state index in [4.69, 9.17) is 9.47 Å². The third-order valence-electron chi connectivity index (χ3n) is 11.4. The molecular weight excluding hydrogens is 759 g/mol. The minimum Gasteiger partial charge on any atom is -0.455 e. The normalized spacial score (nSPS) is 19.0. The predicted molar refractivity (Wildman–Crippen MR) is 218 cm³/mol. The smallest absolute Gasteiger partial charge is 0.293 e. The minimum absolute atomic E-state index is 0.0421. The highest BCUT2D eigenvalue weighted by Crippen LogP contribution is 2.40. The fraction of sp³-hybridized carbons (Fsp3) is 0.326. The Morgan fingerprint density at radius 2 is 1.93 bits per heavy atom. The third-order valence-corrected chi connectivity index (χ3v) is 12.7. The number of nitriles is 1. The molecule has 5 aromatic rings. The van der Waals surface area contributed by atoms with Gasteiger partial charge in [0.25, 0.3) is 21.6 Å². The molecular formula is C43H43N7O7S. The van der Waals surface area contributed by atoms with Gasteiger partial charge < -0.3 is 19.8 Å². The number of hydrogen-bond acceptors (Lipinski definition) is 11. The number of carbonyl (C=O) groups excluding carboxylic acids is 1. The summed E-state index contributed by atoms with van der Waals surface area (Å²) < 4.78 is 41.0. The van der Waals surface area contributed by atoms with E-state index >= 15 is 0 Å². The fourth-order valence-electron chi connectivity index (χ4n) is 8.30. The molecule has 3 aliphatic rings. The maximum atomic E-state index is 13.9. The highest BCUT2D eigenvalue weighted by molar-refractivity contribution is 7.90. The fourth-order valence-corrected chi connectivity index (χ4v) is 9.29. The Bertz CT molecular complexity index is 2540. The molecule has 0 radical (unpaired) electrons. The molecule has 58 heavy (non-hydrogen) atoms. The molecule has 14 nitrogen and oxygen atoms in total. The molecule has 0 spiro atoms. The van der Waals surface area contributed by atoms with Gasteiger partial charge in [-0.15, -0.1) is 0 Å². The summed E-state index contributed by atoms with van der Waals surface area (Å²) in [7, 11) is -4.55. The van der Waals surface area contributed by atoms with Crippen LogP contribution in [0.25, 0.3) is 16.6 Å². The van der Waals surface area contributed by atoms with E-state index in [-0.39, 0.29) is 29.0 Å². The van der Waals surface area contributed by atoms with Crippen molar-refractivity contribution in [3.8, 4) is 17.6 Å².